The first-order valence-electron chi connectivity index (χ1n) is 8.92. The maximum atomic E-state index is 12.5. The molecule has 0 aliphatic carbocycles. The summed E-state index contributed by atoms with van der Waals surface area (Å²) in [5, 5.41) is 0. The van der Waals surface area contributed by atoms with Gasteiger partial charge in [0.1, 0.15) is 24.4 Å². The van der Waals surface area contributed by atoms with Crippen molar-refractivity contribution in [1.82, 2.24) is 0 Å². The largest absolute Gasteiger partial charge is 0.370 e. The molecule has 2 fully saturated rings. The molecular formula is C20H22O6S. The van der Waals surface area contributed by atoms with Crippen molar-refractivity contribution in [3.63, 3.8) is 0 Å². The molecule has 0 saturated carbocycles. The molecule has 144 valence electrons. The van der Waals surface area contributed by atoms with Crippen LogP contribution in [0.1, 0.15) is 11.1 Å². The zero-order chi connectivity index (χ0) is 18.9. The van der Waals surface area contributed by atoms with E-state index < -0.39 is 22.3 Å². The summed E-state index contributed by atoms with van der Waals surface area (Å²) in [6, 6.07) is 16.4. The minimum Gasteiger partial charge on any atom is -0.370 e. The average Bonchev–Trinajstić information content (AvgIpc) is 3.24. The van der Waals surface area contributed by atoms with Gasteiger partial charge in [0.05, 0.1) is 24.7 Å². The van der Waals surface area contributed by atoms with Crippen LogP contribution in [0.2, 0.25) is 0 Å². The third kappa shape index (κ3) is 4.07. The molecule has 2 saturated heterocycles. The predicted octanol–water partition coefficient (Wildman–Crippen LogP) is 2.45. The fourth-order valence-electron chi connectivity index (χ4n) is 3.36. The van der Waals surface area contributed by atoms with Crippen LogP contribution in [0.4, 0.5) is 0 Å². The van der Waals surface area contributed by atoms with Gasteiger partial charge >= 0.3 is 0 Å². The Hall–Kier alpha value is -1.77. The number of hydrogen-bond acceptors (Lipinski definition) is 6. The highest BCUT2D eigenvalue weighted by Crippen LogP contribution is 2.32. The maximum Gasteiger partial charge on any atom is 0.297 e. The van der Waals surface area contributed by atoms with E-state index in [2.05, 4.69) is 0 Å². The van der Waals surface area contributed by atoms with Crippen LogP contribution in [0.3, 0.4) is 0 Å². The zero-order valence-corrected chi connectivity index (χ0v) is 15.8. The fraction of sp³-hybridized carbons (Fsp3) is 0.400. The summed E-state index contributed by atoms with van der Waals surface area (Å²) in [7, 11) is -3.87. The molecule has 0 amide bonds. The first-order chi connectivity index (χ1) is 13.0. The number of ether oxygens (including phenoxy) is 3. The highest BCUT2D eigenvalue weighted by Gasteiger charge is 2.50. The van der Waals surface area contributed by atoms with Crippen LogP contribution in [0, 0.1) is 6.92 Å². The standard InChI is InChI=1S/C20H22O6S/c1-14-7-9-16(10-8-14)27(21,22)26-18-13-25-19-17(12-24-20(18)19)23-11-15-5-3-2-4-6-15/h2-10,17-20H,11-13H2,1H3/t17-,18+,19-,20-/m1/s1. The van der Waals surface area contributed by atoms with Gasteiger partial charge in [-0.15, -0.1) is 0 Å². The Kier molecular flexibility index (Phi) is 5.29. The lowest BCUT2D eigenvalue weighted by atomic mass is 10.1. The van der Waals surface area contributed by atoms with Gasteiger partial charge in [0, 0.05) is 0 Å². The van der Waals surface area contributed by atoms with Gasteiger partial charge in [0.2, 0.25) is 0 Å². The van der Waals surface area contributed by atoms with Crippen molar-refractivity contribution < 1.29 is 26.8 Å². The number of fused-ring (bicyclic) bond motifs is 1. The Labute approximate surface area is 159 Å². The van der Waals surface area contributed by atoms with E-state index >= 15 is 0 Å². The van der Waals surface area contributed by atoms with Gasteiger partial charge in [-0.3, -0.25) is 4.18 Å². The van der Waals surface area contributed by atoms with E-state index in [4.69, 9.17) is 18.4 Å². The van der Waals surface area contributed by atoms with Crippen LogP contribution >= 0.6 is 0 Å². The van der Waals surface area contributed by atoms with Gasteiger partial charge in [-0.05, 0) is 24.6 Å². The molecule has 0 aromatic heterocycles. The minimum absolute atomic E-state index is 0.131. The van der Waals surface area contributed by atoms with Gasteiger partial charge in [-0.25, -0.2) is 0 Å². The van der Waals surface area contributed by atoms with Crippen molar-refractivity contribution in [2.45, 2.75) is 42.8 Å². The average molecular weight is 390 g/mol. The Balaban J connectivity index is 1.38. The third-order valence-corrected chi connectivity index (χ3v) is 6.18. The zero-order valence-electron chi connectivity index (χ0n) is 15.0. The van der Waals surface area contributed by atoms with Crippen molar-refractivity contribution in [2.24, 2.45) is 0 Å². The molecule has 4 rings (SSSR count). The molecule has 0 unspecified atom stereocenters. The lowest BCUT2D eigenvalue weighted by Gasteiger charge is -2.17. The van der Waals surface area contributed by atoms with E-state index in [1.165, 1.54) is 0 Å². The second kappa shape index (κ2) is 7.69. The second-order valence-corrected chi connectivity index (χ2v) is 8.40. The van der Waals surface area contributed by atoms with Crippen LogP contribution in [-0.4, -0.2) is 46.0 Å². The summed E-state index contributed by atoms with van der Waals surface area (Å²) in [5.74, 6) is 0. The SMILES string of the molecule is Cc1ccc(S(=O)(=O)O[C@H]2CO[C@H]3[C@@H]2OC[C@H]3OCc2ccccc2)cc1. The summed E-state index contributed by atoms with van der Waals surface area (Å²) >= 11 is 0. The summed E-state index contributed by atoms with van der Waals surface area (Å²) < 4.78 is 47.9. The van der Waals surface area contributed by atoms with E-state index in [1.807, 2.05) is 37.3 Å². The lowest BCUT2D eigenvalue weighted by molar-refractivity contribution is -0.0423. The van der Waals surface area contributed by atoms with Gasteiger partial charge in [0.15, 0.2) is 0 Å². The monoisotopic (exact) mass is 390 g/mol. The molecule has 2 aromatic rings. The van der Waals surface area contributed by atoms with Gasteiger partial charge in [0.25, 0.3) is 10.1 Å². The molecule has 2 aliphatic heterocycles. The van der Waals surface area contributed by atoms with Crippen molar-refractivity contribution in [3.05, 3.63) is 65.7 Å². The van der Waals surface area contributed by atoms with E-state index in [1.54, 1.807) is 24.3 Å². The summed E-state index contributed by atoms with van der Waals surface area (Å²) in [6.45, 7) is 2.86. The number of hydrogen-bond donors (Lipinski definition) is 0. The summed E-state index contributed by atoms with van der Waals surface area (Å²) in [4.78, 5) is 0.131. The highest BCUT2D eigenvalue weighted by molar-refractivity contribution is 7.86. The summed E-state index contributed by atoms with van der Waals surface area (Å²) in [6.07, 6.45) is -1.70. The molecule has 6 nitrogen and oxygen atoms in total. The Morgan fingerprint density at radius 3 is 2.26 bits per heavy atom. The van der Waals surface area contributed by atoms with Gasteiger partial charge in [-0.1, -0.05) is 48.0 Å². The van der Waals surface area contributed by atoms with Crippen molar-refractivity contribution >= 4 is 10.1 Å². The normalized spacial score (nSPS) is 27.6. The van der Waals surface area contributed by atoms with E-state index in [9.17, 15) is 8.42 Å². The predicted molar refractivity (Wildman–Crippen MR) is 97.7 cm³/mol. The van der Waals surface area contributed by atoms with Crippen LogP contribution in [0.25, 0.3) is 0 Å². The Bertz CT molecular complexity index is 865. The lowest BCUT2D eigenvalue weighted by Crippen LogP contribution is -2.35. The van der Waals surface area contributed by atoms with E-state index in [-0.39, 0.29) is 23.7 Å². The molecule has 2 aliphatic rings. The first-order valence-corrected chi connectivity index (χ1v) is 10.3. The van der Waals surface area contributed by atoms with Gasteiger partial charge < -0.3 is 14.2 Å². The highest BCUT2D eigenvalue weighted by atomic mass is 32.2. The first kappa shape index (κ1) is 18.6. The Morgan fingerprint density at radius 2 is 1.56 bits per heavy atom. The summed E-state index contributed by atoms with van der Waals surface area (Å²) in [5.41, 5.74) is 2.05. The van der Waals surface area contributed by atoms with Crippen LogP contribution in [0.15, 0.2) is 59.5 Å². The topological polar surface area (TPSA) is 71.1 Å². The van der Waals surface area contributed by atoms with E-state index in [0.717, 1.165) is 11.1 Å². The number of rotatable bonds is 6. The van der Waals surface area contributed by atoms with Crippen molar-refractivity contribution in [3.8, 4) is 0 Å². The smallest absolute Gasteiger partial charge is 0.297 e. The maximum absolute atomic E-state index is 12.5. The van der Waals surface area contributed by atoms with E-state index in [0.29, 0.717) is 13.2 Å². The molecule has 2 aromatic carbocycles. The molecule has 0 radical (unpaired) electrons. The molecule has 4 atom stereocenters. The number of benzene rings is 2. The molecule has 0 bridgehead atoms. The molecule has 0 N–H and O–H groups in total. The van der Waals surface area contributed by atoms with Crippen LogP contribution < -0.4 is 0 Å². The Morgan fingerprint density at radius 1 is 0.926 bits per heavy atom. The third-order valence-electron chi connectivity index (χ3n) is 4.83. The molecule has 2 heterocycles. The molecule has 7 heteroatoms. The van der Waals surface area contributed by atoms with Crippen LogP contribution in [0.5, 0.6) is 0 Å². The molecule has 0 spiro atoms. The molecular weight excluding hydrogens is 368 g/mol. The quantitative estimate of drug-likeness (QED) is 0.706. The fourth-order valence-corrected chi connectivity index (χ4v) is 4.43. The second-order valence-electron chi connectivity index (χ2n) is 6.83. The van der Waals surface area contributed by atoms with Gasteiger partial charge in [-0.2, -0.15) is 8.42 Å². The van der Waals surface area contributed by atoms with Crippen molar-refractivity contribution in [2.75, 3.05) is 13.2 Å². The molecule has 27 heavy (non-hydrogen) atoms. The minimum atomic E-state index is -3.87. The number of aryl methyl sites for hydroxylation is 1. The van der Waals surface area contributed by atoms with Crippen molar-refractivity contribution in [1.29, 1.82) is 0 Å². The van der Waals surface area contributed by atoms with Crippen LogP contribution in [-0.2, 0) is 35.1 Å².